The van der Waals surface area contributed by atoms with Crippen molar-refractivity contribution in [3.05, 3.63) is 28.5 Å². The van der Waals surface area contributed by atoms with E-state index < -0.39 is 0 Å². The quantitative estimate of drug-likeness (QED) is 0.711. The Morgan fingerprint density at radius 2 is 1.97 bits per heavy atom. The minimum atomic E-state index is -0.247. The molecule has 3 heterocycles. The number of nitrogens with one attached hydrogen (secondary N) is 1. The number of aryl methyl sites for hydroxylation is 2. The fourth-order valence-electron chi connectivity index (χ4n) is 5.57. The third-order valence-electron chi connectivity index (χ3n) is 7.13. The monoisotopic (exact) mass is 443 g/mol. The number of hydrogen-bond donors (Lipinski definition) is 1. The molecule has 2 aromatic heterocycles. The smallest absolute Gasteiger partial charge is 0.226 e. The highest BCUT2D eigenvalue weighted by Gasteiger charge is 2.40. The average Bonchev–Trinajstić information content (AvgIpc) is 3.44. The second-order valence-electron chi connectivity index (χ2n) is 9.25. The molecule has 1 atom stereocenters. The zero-order valence-corrected chi connectivity index (χ0v) is 19.6. The largest absolute Gasteiger partial charge is 0.336 e. The van der Waals surface area contributed by atoms with Gasteiger partial charge in [-0.15, -0.1) is 11.3 Å². The van der Waals surface area contributed by atoms with Crippen molar-refractivity contribution in [3.63, 3.8) is 0 Å². The molecule has 2 aliphatic rings. The van der Waals surface area contributed by atoms with Crippen molar-refractivity contribution in [2.75, 3.05) is 11.9 Å². The molecule has 1 saturated carbocycles. The first-order valence-corrected chi connectivity index (χ1v) is 12.3. The summed E-state index contributed by atoms with van der Waals surface area (Å²) in [5.41, 5.74) is 3.10. The average molecular weight is 444 g/mol. The first-order valence-electron chi connectivity index (χ1n) is 11.4. The van der Waals surface area contributed by atoms with Crippen LogP contribution in [0.4, 0.5) is 5.13 Å². The summed E-state index contributed by atoms with van der Waals surface area (Å²) in [5, 5.41) is 9.98. The Hall–Kier alpha value is -2.22. The van der Waals surface area contributed by atoms with Crippen LogP contribution in [0.15, 0.2) is 11.6 Å². The van der Waals surface area contributed by atoms with Gasteiger partial charge in [-0.05, 0) is 44.9 Å². The van der Waals surface area contributed by atoms with Gasteiger partial charge in [0.1, 0.15) is 0 Å². The summed E-state index contributed by atoms with van der Waals surface area (Å²) in [5.74, 6) is 0.163. The molecule has 2 fully saturated rings. The molecule has 1 aliphatic heterocycles. The van der Waals surface area contributed by atoms with Gasteiger partial charge in [0.2, 0.25) is 11.8 Å². The summed E-state index contributed by atoms with van der Waals surface area (Å²) >= 11 is 1.42. The number of likely N-dealkylation sites (tertiary alicyclic amines) is 1. The van der Waals surface area contributed by atoms with Crippen molar-refractivity contribution >= 4 is 28.3 Å². The summed E-state index contributed by atoms with van der Waals surface area (Å²) in [6.45, 7) is 4.91. The second kappa shape index (κ2) is 9.10. The van der Waals surface area contributed by atoms with Gasteiger partial charge in [0.15, 0.2) is 5.13 Å². The molecule has 4 rings (SSSR count). The lowest BCUT2D eigenvalue weighted by Crippen LogP contribution is -2.38. The number of hydrogen-bond acceptors (Lipinski definition) is 5. The Morgan fingerprint density at radius 3 is 2.61 bits per heavy atom. The van der Waals surface area contributed by atoms with Crippen LogP contribution in [0.5, 0.6) is 0 Å². The SMILES string of the molecule is Cc1nn(C)c(C)c1C1CCCN1C(=O)CC1(CC(=O)Nc2nccs2)CCCCC1. The Bertz CT molecular complexity index is 930. The number of carbonyl (C=O) groups is 2. The van der Waals surface area contributed by atoms with Crippen LogP contribution in [0.2, 0.25) is 0 Å². The third kappa shape index (κ3) is 4.68. The summed E-state index contributed by atoms with van der Waals surface area (Å²) in [6, 6.07) is 0.103. The lowest BCUT2D eigenvalue weighted by Gasteiger charge is -2.38. The highest BCUT2D eigenvalue weighted by Crippen LogP contribution is 2.45. The van der Waals surface area contributed by atoms with Gasteiger partial charge in [0.05, 0.1) is 11.7 Å². The number of rotatable bonds is 6. The fourth-order valence-corrected chi connectivity index (χ4v) is 6.11. The summed E-state index contributed by atoms with van der Waals surface area (Å²) in [6.07, 6.45) is 9.76. The van der Waals surface area contributed by atoms with Crippen molar-refractivity contribution in [1.29, 1.82) is 0 Å². The number of nitrogens with zero attached hydrogens (tertiary/aromatic N) is 4. The van der Waals surface area contributed by atoms with Crippen LogP contribution < -0.4 is 5.32 Å². The first kappa shape index (κ1) is 22.0. The Morgan fingerprint density at radius 1 is 1.19 bits per heavy atom. The van der Waals surface area contributed by atoms with Crippen molar-refractivity contribution in [1.82, 2.24) is 19.7 Å². The molecule has 2 amide bonds. The molecule has 31 heavy (non-hydrogen) atoms. The maximum absolute atomic E-state index is 13.6. The number of aromatic nitrogens is 3. The van der Waals surface area contributed by atoms with Crippen LogP contribution >= 0.6 is 11.3 Å². The molecule has 1 N–H and O–H groups in total. The molecule has 0 radical (unpaired) electrons. The summed E-state index contributed by atoms with van der Waals surface area (Å²) < 4.78 is 1.91. The molecule has 0 bridgehead atoms. The molecule has 0 aromatic carbocycles. The molecule has 2 aromatic rings. The van der Waals surface area contributed by atoms with E-state index in [0.717, 1.165) is 56.5 Å². The van der Waals surface area contributed by atoms with E-state index in [9.17, 15) is 9.59 Å². The maximum atomic E-state index is 13.6. The first-order chi connectivity index (χ1) is 14.9. The van der Waals surface area contributed by atoms with Gasteiger partial charge < -0.3 is 10.2 Å². The standard InChI is InChI=1S/C23H33N5O2S/c1-16-21(17(2)27(3)26-16)18-8-7-12-28(18)20(30)15-23(9-5-4-6-10-23)14-19(29)25-22-24-11-13-31-22/h11,13,18H,4-10,12,14-15H2,1-3H3,(H,24,25,29). The predicted molar refractivity (Wildman–Crippen MR) is 122 cm³/mol. The van der Waals surface area contributed by atoms with Crippen LogP contribution in [-0.2, 0) is 16.6 Å². The van der Waals surface area contributed by atoms with Crippen LogP contribution in [0.3, 0.4) is 0 Å². The number of carbonyl (C=O) groups excluding carboxylic acids is 2. The van der Waals surface area contributed by atoms with E-state index in [0.29, 0.717) is 18.0 Å². The second-order valence-corrected chi connectivity index (χ2v) is 10.1. The van der Waals surface area contributed by atoms with Crippen LogP contribution in [0.25, 0.3) is 0 Å². The summed E-state index contributed by atoms with van der Waals surface area (Å²) in [7, 11) is 1.96. The van der Waals surface area contributed by atoms with Gasteiger partial charge in [-0.1, -0.05) is 19.3 Å². The highest BCUT2D eigenvalue weighted by molar-refractivity contribution is 7.13. The Balaban J connectivity index is 1.49. The van der Waals surface area contributed by atoms with E-state index >= 15 is 0 Å². The fraction of sp³-hybridized carbons (Fsp3) is 0.652. The molecule has 1 unspecified atom stereocenters. The predicted octanol–water partition coefficient (Wildman–Crippen LogP) is 4.53. The molecule has 8 heteroatoms. The van der Waals surface area contributed by atoms with Gasteiger partial charge in [-0.3, -0.25) is 14.3 Å². The third-order valence-corrected chi connectivity index (χ3v) is 7.81. The topological polar surface area (TPSA) is 80.1 Å². The van der Waals surface area contributed by atoms with E-state index in [2.05, 4.69) is 27.2 Å². The van der Waals surface area contributed by atoms with Crippen LogP contribution in [-0.4, -0.2) is 38.0 Å². The van der Waals surface area contributed by atoms with Crippen molar-refractivity contribution in [2.45, 2.75) is 77.7 Å². The van der Waals surface area contributed by atoms with Crippen molar-refractivity contribution < 1.29 is 9.59 Å². The zero-order valence-electron chi connectivity index (χ0n) is 18.8. The van der Waals surface area contributed by atoms with E-state index in [4.69, 9.17) is 0 Å². The number of anilines is 1. The van der Waals surface area contributed by atoms with Crippen LogP contribution in [0, 0.1) is 19.3 Å². The van der Waals surface area contributed by atoms with Crippen molar-refractivity contribution in [3.8, 4) is 0 Å². The van der Waals surface area contributed by atoms with E-state index in [-0.39, 0.29) is 23.3 Å². The van der Waals surface area contributed by atoms with Gasteiger partial charge in [-0.25, -0.2) is 4.98 Å². The Labute approximate surface area is 188 Å². The maximum Gasteiger partial charge on any atom is 0.226 e. The molecular weight excluding hydrogens is 410 g/mol. The summed E-state index contributed by atoms with van der Waals surface area (Å²) in [4.78, 5) is 32.6. The zero-order chi connectivity index (χ0) is 22.0. The van der Waals surface area contributed by atoms with Crippen molar-refractivity contribution in [2.24, 2.45) is 12.5 Å². The lowest BCUT2D eigenvalue weighted by atomic mass is 9.69. The van der Waals surface area contributed by atoms with Crippen LogP contribution in [0.1, 0.15) is 80.8 Å². The van der Waals surface area contributed by atoms with Gasteiger partial charge in [0, 0.05) is 49.3 Å². The molecule has 1 saturated heterocycles. The highest BCUT2D eigenvalue weighted by atomic mass is 32.1. The van der Waals surface area contributed by atoms with E-state index in [1.165, 1.54) is 23.3 Å². The number of thiazole rings is 1. The minimum Gasteiger partial charge on any atom is -0.336 e. The number of amides is 2. The molecule has 0 spiro atoms. The minimum absolute atomic E-state index is 0.0263. The van der Waals surface area contributed by atoms with E-state index in [1.54, 1.807) is 6.20 Å². The van der Waals surface area contributed by atoms with Gasteiger partial charge in [0.25, 0.3) is 0 Å². The lowest BCUT2D eigenvalue weighted by molar-refractivity contribution is -0.136. The van der Waals surface area contributed by atoms with Gasteiger partial charge >= 0.3 is 0 Å². The molecule has 168 valence electrons. The molecular formula is C23H33N5O2S. The molecule has 1 aliphatic carbocycles. The van der Waals surface area contributed by atoms with E-state index in [1.807, 2.05) is 24.0 Å². The van der Waals surface area contributed by atoms with Gasteiger partial charge in [-0.2, -0.15) is 5.10 Å². The normalized spacial score (nSPS) is 20.7. The molecule has 7 nitrogen and oxygen atoms in total. The Kier molecular flexibility index (Phi) is 6.46.